The van der Waals surface area contributed by atoms with Gasteiger partial charge in [0.05, 0.1) is 6.54 Å². The smallest absolute Gasteiger partial charge is 0.120 e. The van der Waals surface area contributed by atoms with Crippen molar-refractivity contribution in [2.45, 2.75) is 26.3 Å². The van der Waals surface area contributed by atoms with Gasteiger partial charge in [-0.1, -0.05) is 6.92 Å². The highest BCUT2D eigenvalue weighted by molar-refractivity contribution is 4.85. The molecule has 1 unspecified atom stereocenters. The Morgan fingerprint density at radius 3 is 3.14 bits per heavy atom. The van der Waals surface area contributed by atoms with Gasteiger partial charge in [-0.25, -0.2) is 4.98 Å². The van der Waals surface area contributed by atoms with E-state index in [0.29, 0.717) is 5.92 Å². The molecule has 0 radical (unpaired) electrons. The number of aliphatic hydroxyl groups is 1. The van der Waals surface area contributed by atoms with Crippen molar-refractivity contribution in [1.82, 2.24) is 15.3 Å². The van der Waals surface area contributed by atoms with Gasteiger partial charge < -0.3 is 15.4 Å². The Hall–Kier alpha value is -0.870. The van der Waals surface area contributed by atoms with Crippen molar-refractivity contribution in [3.8, 4) is 0 Å². The maximum Gasteiger partial charge on any atom is 0.120 e. The van der Waals surface area contributed by atoms with E-state index in [-0.39, 0.29) is 6.61 Å². The maximum absolute atomic E-state index is 8.81. The van der Waals surface area contributed by atoms with Crippen LogP contribution in [0.5, 0.6) is 0 Å². The molecule has 0 bridgehead atoms. The molecule has 0 aromatic carbocycles. The van der Waals surface area contributed by atoms with Crippen molar-refractivity contribution < 1.29 is 5.11 Å². The minimum atomic E-state index is 0.290. The summed E-state index contributed by atoms with van der Waals surface area (Å²) in [5.41, 5.74) is 0. The predicted octanol–water partition coefficient (Wildman–Crippen LogP) is 0.908. The zero-order valence-electron chi connectivity index (χ0n) is 8.66. The van der Waals surface area contributed by atoms with E-state index in [4.69, 9.17) is 5.11 Å². The fraction of sp³-hybridized carbons (Fsp3) is 0.700. The van der Waals surface area contributed by atoms with Crippen molar-refractivity contribution in [1.29, 1.82) is 0 Å². The lowest BCUT2D eigenvalue weighted by atomic mass is 10.1. The second kappa shape index (κ2) is 6.56. The van der Waals surface area contributed by atoms with Crippen LogP contribution in [0.2, 0.25) is 0 Å². The molecule has 0 aliphatic carbocycles. The molecule has 1 heterocycles. The van der Waals surface area contributed by atoms with Gasteiger partial charge in [-0.2, -0.15) is 0 Å². The van der Waals surface area contributed by atoms with Gasteiger partial charge in [-0.3, -0.25) is 0 Å². The van der Waals surface area contributed by atoms with Gasteiger partial charge in [-0.05, 0) is 25.3 Å². The maximum atomic E-state index is 8.81. The van der Waals surface area contributed by atoms with E-state index in [1.807, 2.05) is 6.20 Å². The minimum Gasteiger partial charge on any atom is -0.396 e. The number of aliphatic hydroxyl groups excluding tert-OH is 1. The first kappa shape index (κ1) is 11.2. The van der Waals surface area contributed by atoms with Gasteiger partial charge in [0.25, 0.3) is 0 Å². The Bertz CT molecular complexity index is 223. The second-order valence-corrected chi connectivity index (χ2v) is 3.64. The molecule has 14 heavy (non-hydrogen) atoms. The molecule has 0 aliphatic rings. The van der Waals surface area contributed by atoms with E-state index in [1.165, 1.54) is 0 Å². The zero-order chi connectivity index (χ0) is 10.2. The summed E-state index contributed by atoms with van der Waals surface area (Å²) in [6, 6.07) is 0. The fourth-order valence-electron chi connectivity index (χ4n) is 1.27. The van der Waals surface area contributed by atoms with Crippen LogP contribution in [0.4, 0.5) is 0 Å². The number of rotatable bonds is 7. The topological polar surface area (TPSA) is 60.9 Å². The van der Waals surface area contributed by atoms with Crippen LogP contribution in [0, 0.1) is 5.92 Å². The molecule has 1 aromatic rings. The molecule has 1 atom stereocenters. The summed E-state index contributed by atoms with van der Waals surface area (Å²) >= 11 is 0. The molecule has 1 rings (SSSR count). The molecule has 1 aromatic heterocycles. The number of aromatic amines is 1. The lowest BCUT2D eigenvalue weighted by Gasteiger charge is -2.07. The van der Waals surface area contributed by atoms with E-state index in [0.717, 1.165) is 31.8 Å². The molecule has 0 aliphatic heterocycles. The summed E-state index contributed by atoms with van der Waals surface area (Å²) < 4.78 is 0. The van der Waals surface area contributed by atoms with Crippen LogP contribution in [0.25, 0.3) is 0 Å². The molecule has 0 fully saturated rings. The quantitative estimate of drug-likeness (QED) is 0.569. The third-order valence-corrected chi connectivity index (χ3v) is 2.21. The van der Waals surface area contributed by atoms with Gasteiger partial charge in [0.1, 0.15) is 5.82 Å². The molecule has 0 spiro atoms. The molecule has 0 saturated heterocycles. The summed E-state index contributed by atoms with van der Waals surface area (Å²) in [6.45, 7) is 4.12. The van der Waals surface area contributed by atoms with Crippen molar-refractivity contribution in [3.05, 3.63) is 18.2 Å². The van der Waals surface area contributed by atoms with Crippen molar-refractivity contribution in [2.24, 2.45) is 5.92 Å². The Morgan fingerprint density at radius 1 is 1.64 bits per heavy atom. The Morgan fingerprint density at radius 2 is 2.50 bits per heavy atom. The monoisotopic (exact) mass is 197 g/mol. The molecule has 3 N–H and O–H groups in total. The Labute approximate surface area is 84.8 Å². The third-order valence-electron chi connectivity index (χ3n) is 2.21. The van der Waals surface area contributed by atoms with Gasteiger partial charge in [0.15, 0.2) is 0 Å². The summed E-state index contributed by atoms with van der Waals surface area (Å²) in [4.78, 5) is 7.14. The van der Waals surface area contributed by atoms with Gasteiger partial charge in [-0.15, -0.1) is 0 Å². The van der Waals surface area contributed by atoms with Crippen LogP contribution in [-0.2, 0) is 6.54 Å². The summed E-state index contributed by atoms with van der Waals surface area (Å²) in [6.07, 6.45) is 5.75. The standard InChI is InChI=1S/C10H19N3O/c1-9(8-14)3-2-4-11-7-10-12-5-6-13-10/h5-6,9,11,14H,2-4,7-8H2,1H3,(H,12,13). The molecule has 80 valence electrons. The van der Waals surface area contributed by atoms with Crippen LogP contribution in [0.1, 0.15) is 25.6 Å². The number of aromatic nitrogens is 2. The van der Waals surface area contributed by atoms with Crippen molar-refractivity contribution in [3.63, 3.8) is 0 Å². The molecule has 4 heteroatoms. The normalized spacial score (nSPS) is 13.0. The number of hydrogen-bond donors (Lipinski definition) is 3. The largest absolute Gasteiger partial charge is 0.396 e. The van der Waals surface area contributed by atoms with E-state index in [9.17, 15) is 0 Å². The first-order valence-corrected chi connectivity index (χ1v) is 5.12. The molecule has 0 saturated carbocycles. The summed E-state index contributed by atoms with van der Waals surface area (Å²) in [5.74, 6) is 1.39. The van der Waals surface area contributed by atoms with E-state index < -0.39 is 0 Å². The molecule has 0 amide bonds. The first-order chi connectivity index (χ1) is 6.83. The molecule has 4 nitrogen and oxygen atoms in total. The van der Waals surface area contributed by atoms with Crippen LogP contribution in [0.15, 0.2) is 12.4 Å². The zero-order valence-corrected chi connectivity index (χ0v) is 8.66. The second-order valence-electron chi connectivity index (χ2n) is 3.64. The molecular weight excluding hydrogens is 178 g/mol. The van der Waals surface area contributed by atoms with Gasteiger partial charge in [0, 0.05) is 19.0 Å². The predicted molar refractivity (Wildman–Crippen MR) is 55.8 cm³/mol. The van der Waals surface area contributed by atoms with E-state index >= 15 is 0 Å². The van der Waals surface area contributed by atoms with Crippen molar-refractivity contribution >= 4 is 0 Å². The number of nitrogens with one attached hydrogen (secondary N) is 2. The minimum absolute atomic E-state index is 0.290. The fourth-order valence-corrected chi connectivity index (χ4v) is 1.27. The highest BCUT2D eigenvalue weighted by Gasteiger charge is 1.99. The number of hydrogen-bond acceptors (Lipinski definition) is 3. The Kier molecular flexibility index (Phi) is 5.25. The van der Waals surface area contributed by atoms with Crippen LogP contribution >= 0.6 is 0 Å². The van der Waals surface area contributed by atoms with Gasteiger partial charge >= 0.3 is 0 Å². The summed E-state index contributed by atoms with van der Waals surface area (Å²) in [5, 5.41) is 12.1. The Balaban J connectivity index is 1.95. The SMILES string of the molecule is CC(CO)CCCNCc1ncc[nH]1. The third kappa shape index (κ3) is 4.39. The number of nitrogens with zero attached hydrogens (tertiary/aromatic N) is 1. The van der Waals surface area contributed by atoms with Crippen LogP contribution in [-0.4, -0.2) is 28.2 Å². The summed E-state index contributed by atoms with van der Waals surface area (Å²) in [7, 11) is 0. The van der Waals surface area contributed by atoms with E-state index in [2.05, 4.69) is 22.2 Å². The highest BCUT2D eigenvalue weighted by atomic mass is 16.3. The highest BCUT2D eigenvalue weighted by Crippen LogP contribution is 2.02. The lowest BCUT2D eigenvalue weighted by Crippen LogP contribution is -2.16. The average molecular weight is 197 g/mol. The number of imidazole rings is 1. The molecular formula is C10H19N3O. The first-order valence-electron chi connectivity index (χ1n) is 5.12. The van der Waals surface area contributed by atoms with Gasteiger partial charge in [0.2, 0.25) is 0 Å². The van der Waals surface area contributed by atoms with Crippen LogP contribution < -0.4 is 5.32 Å². The van der Waals surface area contributed by atoms with Crippen LogP contribution in [0.3, 0.4) is 0 Å². The van der Waals surface area contributed by atoms with E-state index in [1.54, 1.807) is 6.20 Å². The van der Waals surface area contributed by atoms with Crippen molar-refractivity contribution in [2.75, 3.05) is 13.2 Å². The lowest BCUT2D eigenvalue weighted by molar-refractivity contribution is 0.228. The number of H-pyrrole nitrogens is 1. The average Bonchev–Trinajstić information content (AvgIpc) is 2.69.